The van der Waals surface area contributed by atoms with Crippen LogP contribution in [0.1, 0.15) is 48.5 Å². The molecule has 1 aliphatic heterocycles. The highest BCUT2D eigenvalue weighted by Crippen LogP contribution is 2.34. The molecular weight excluding hydrogens is 513 g/mol. The summed E-state index contributed by atoms with van der Waals surface area (Å²) in [6.45, 7) is 4.46. The fourth-order valence-electron chi connectivity index (χ4n) is 4.27. The molecule has 1 saturated heterocycles. The number of likely N-dealkylation sites (tertiary alicyclic amines) is 1. The van der Waals surface area contributed by atoms with Gasteiger partial charge in [-0.3, -0.25) is 9.78 Å². The van der Waals surface area contributed by atoms with Crippen LogP contribution in [0.3, 0.4) is 0 Å². The highest BCUT2D eigenvalue weighted by molar-refractivity contribution is 6.39. The number of carbonyl (C=O) groups is 1. The van der Waals surface area contributed by atoms with Gasteiger partial charge < -0.3 is 19.4 Å². The fraction of sp³-hybridized carbons (Fsp3) is 0.417. The van der Waals surface area contributed by atoms with Crippen molar-refractivity contribution in [2.75, 3.05) is 19.6 Å². The lowest BCUT2D eigenvalue weighted by molar-refractivity contribution is 0.0434. The topological polar surface area (TPSA) is 93.4 Å². The van der Waals surface area contributed by atoms with Gasteiger partial charge in [0.05, 0.1) is 21.8 Å². The maximum atomic E-state index is 12.5. The average Bonchev–Trinajstić information content (AvgIpc) is 3.37. The van der Waals surface area contributed by atoms with Crippen molar-refractivity contribution in [3.05, 3.63) is 69.7 Å². The minimum atomic E-state index is -0.345. The van der Waals surface area contributed by atoms with Crippen molar-refractivity contribution < 1.29 is 13.9 Å². The van der Waals surface area contributed by atoms with Gasteiger partial charge >= 0.3 is 0 Å². The summed E-state index contributed by atoms with van der Waals surface area (Å²) in [5, 5.41) is 3.75. The SMILES string of the molecule is CC(CCNC(=O)c1c(Cl)cncc1Cl)N1CCC(C(Oc2cccc(Cl)n2)c2ncco2)CC1. The van der Waals surface area contributed by atoms with Crippen molar-refractivity contribution in [2.24, 2.45) is 5.92 Å². The van der Waals surface area contributed by atoms with E-state index in [9.17, 15) is 4.79 Å². The number of ether oxygens (including phenoxy) is 1. The molecular formula is C24H26Cl3N5O3. The van der Waals surface area contributed by atoms with Crippen molar-refractivity contribution in [3.8, 4) is 5.88 Å². The second kappa shape index (κ2) is 12.0. The Hall–Kier alpha value is -2.39. The van der Waals surface area contributed by atoms with Gasteiger partial charge in [0, 0.05) is 37.0 Å². The standard InChI is InChI=1S/C24H26Cl3N5O3/c1-15(5-8-29-23(33)21-17(25)13-28-14-18(21)26)32-10-6-16(7-11-32)22(24-30-9-12-34-24)35-20-4-2-3-19(27)31-20/h2-4,9,12-16,22H,5-8,10-11H2,1H3,(H,29,33). The molecule has 1 fully saturated rings. The summed E-state index contributed by atoms with van der Waals surface area (Å²) in [7, 11) is 0. The lowest BCUT2D eigenvalue weighted by Gasteiger charge is -2.38. The molecule has 2 unspecified atom stereocenters. The van der Waals surface area contributed by atoms with E-state index in [1.165, 1.54) is 12.4 Å². The van der Waals surface area contributed by atoms with Gasteiger partial charge in [-0.25, -0.2) is 9.97 Å². The molecule has 1 amide bonds. The minimum absolute atomic E-state index is 0.216. The monoisotopic (exact) mass is 537 g/mol. The molecule has 3 aromatic heterocycles. The van der Waals surface area contributed by atoms with E-state index in [4.69, 9.17) is 44.0 Å². The molecule has 8 nitrogen and oxygen atoms in total. The van der Waals surface area contributed by atoms with E-state index in [0.29, 0.717) is 23.5 Å². The molecule has 4 heterocycles. The highest BCUT2D eigenvalue weighted by atomic mass is 35.5. The van der Waals surface area contributed by atoms with Crippen LogP contribution in [0.15, 0.2) is 47.5 Å². The largest absolute Gasteiger partial charge is 0.464 e. The molecule has 4 rings (SSSR count). The van der Waals surface area contributed by atoms with E-state index in [0.717, 1.165) is 32.4 Å². The van der Waals surface area contributed by atoms with Gasteiger partial charge in [-0.05, 0) is 45.3 Å². The number of halogens is 3. The van der Waals surface area contributed by atoms with E-state index >= 15 is 0 Å². The van der Waals surface area contributed by atoms with Gasteiger partial charge in [-0.1, -0.05) is 40.9 Å². The fourth-order valence-corrected chi connectivity index (χ4v) is 4.96. The molecule has 0 spiro atoms. The van der Waals surface area contributed by atoms with Gasteiger partial charge in [0.25, 0.3) is 5.91 Å². The van der Waals surface area contributed by atoms with Crippen LogP contribution < -0.4 is 10.1 Å². The number of hydrogen-bond donors (Lipinski definition) is 1. The summed E-state index contributed by atoms with van der Waals surface area (Å²) in [5.41, 5.74) is 0.253. The maximum Gasteiger partial charge on any atom is 0.254 e. The first-order chi connectivity index (χ1) is 16.9. The van der Waals surface area contributed by atoms with Crippen LogP contribution in [-0.4, -0.2) is 51.4 Å². The van der Waals surface area contributed by atoms with Crippen LogP contribution in [0.25, 0.3) is 0 Å². The normalized spacial score (nSPS) is 16.6. The van der Waals surface area contributed by atoms with Crippen LogP contribution >= 0.6 is 34.8 Å². The molecule has 11 heteroatoms. The van der Waals surface area contributed by atoms with Gasteiger partial charge in [-0.15, -0.1) is 0 Å². The molecule has 2 atom stereocenters. The molecule has 186 valence electrons. The predicted molar refractivity (Wildman–Crippen MR) is 134 cm³/mol. The van der Waals surface area contributed by atoms with Crippen LogP contribution in [0.4, 0.5) is 0 Å². The number of piperidine rings is 1. The number of carbonyl (C=O) groups excluding carboxylic acids is 1. The number of nitrogens with one attached hydrogen (secondary N) is 1. The van der Waals surface area contributed by atoms with E-state index < -0.39 is 0 Å². The molecule has 35 heavy (non-hydrogen) atoms. The number of pyridine rings is 2. The Kier molecular flexibility index (Phi) is 8.83. The molecule has 1 aliphatic rings. The summed E-state index contributed by atoms with van der Waals surface area (Å²) >= 11 is 18.2. The minimum Gasteiger partial charge on any atom is -0.464 e. The zero-order valence-corrected chi connectivity index (χ0v) is 21.4. The Morgan fingerprint density at radius 3 is 2.63 bits per heavy atom. The number of amides is 1. The van der Waals surface area contributed by atoms with Crippen molar-refractivity contribution in [3.63, 3.8) is 0 Å². The zero-order chi connectivity index (χ0) is 24.8. The van der Waals surface area contributed by atoms with E-state index in [1.54, 1.807) is 30.7 Å². The molecule has 0 radical (unpaired) electrons. The van der Waals surface area contributed by atoms with E-state index in [1.807, 2.05) is 0 Å². The smallest absolute Gasteiger partial charge is 0.254 e. The van der Waals surface area contributed by atoms with Crippen molar-refractivity contribution >= 4 is 40.7 Å². The number of nitrogens with zero attached hydrogens (tertiary/aromatic N) is 4. The Morgan fingerprint density at radius 2 is 1.97 bits per heavy atom. The Labute approximate surface area is 219 Å². The van der Waals surface area contributed by atoms with Crippen molar-refractivity contribution in [1.29, 1.82) is 0 Å². The lowest BCUT2D eigenvalue weighted by Crippen LogP contribution is -2.43. The average molecular weight is 539 g/mol. The summed E-state index contributed by atoms with van der Waals surface area (Å²) < 4.78 is 11.8. The third-order valence-electron chi connectivity index (χ3n) is 6.19. The van der Waals surface area contributed by atoms with E-state index in [-0.39, 0.29) is 39.6 Å². The summed E-state index contributed by atoms with van der Waals surface area (Å²) in [6.07, 6.45) is 8.26. The molecule has 0 saturated carbocycles. The van der Waals surface area contributed by atoms with Crippen LogP contribution in [0.5, 0.6) is 5.88 Å². The molecule has 0 bridgehead atoms. The number of hydrogen-bond acceptors (Lipinski definition) is 7. The van der Waals surface area contributed by atoms with Crippen LogP contribution in [0, 0.1) is 5.92 Å². The Balaban J connectivity index is 1.29. The highest BCUT2D eigenvalue weighted by Gasteiger charge is 2.33. The van der Waals surface area contributed by atoms with Crippen molar-refractivity contribution in [1.82, 2.24) is 25.2 Å². The zero-order valence-electron chi connectivity index (χ0n) is 19.2. The van der Waals surface area contributed by atoms with Gasteiger partial charge in [-0.2, -0.15) is 0 Å². The van der Waals surface area contributed by atoms with Crippen LogP contribution in [0.2, 0.25) is 15.2 Å². The molecule has 1 N–H and O–H groups in total. The summed E-state index contributed by atoms with van der Waals surface area (Å²) in [5.74, 6) is 0.901. The number of oxazole rings is 1. The van der Waals surface area contributed by atoms with E-state index in [2.05, 4.69) is 32.1 Å². The first-order valence-electron chi connectivity index (χ1n) is 11.4. The van der Waals surface area contributed by atoms with Gasteiger partial charge in [0.1, 0.15) is 11.4 Å². The number of rotatable bonds is 9. The second-order valence-corrected chi connectivity index (χ2v) is 9.65. The van der Waals surface area contributed by atoms with Gasteiger partial charge in [0.2, 0.25) is 11.8 Å². The molecule has 3 aromatic rings. The first kappa shape index (κ1) is 25.7. The second-order valence-electron chi connectivity index (χ2n) is 8.45. The van der Waals surface area contributed by atoms with Crippen molar-refractivity contribution in [2.45, 2.75) is 38.3 Å². The quantitative estimate of drug-likeness (QED) is 0.361. The number of aromatic nitrogens is 3. The summed E-state index contributed by atoms with van der Waals surface area (Å²) in [4.78, 5) is 27.4. The molecule has 0 aromatic carbocycles. The Morgan fingerprint density at radius 1 is 1.23 bits per heavy atom. The predicted octanol–water partition coefficient (Wildman–Crippen LogP) is 5.47. The lowest BCUT2D eigenvalue weighted by atomic mass is 9.90. The summed E-state index contributed by atoms with van der Waals surface area (Å²) in [6, 6.07) is 5.57. The van der Waals surface area contributed by atoms with Gasteiger partial charge in [0.15, 0.2) is 6.10 Å². The molecule has 0 aliphatic carbocycles. The first-order valence-corrected chi connectivity index (χ1v) is 12.6. The third kappa shape index (κ3) is 6.64. The Bertz CT molecular complexity index is 1100. The third-order valence-corrected chi connectivity index (χ3v) is 6.97. The maximum absolute atomic E-state index is 12.5. The van der Waals surface area contributed by atoms with Crippen LogP contribution in [-0.2, 0) is 0 Å².